The van der Waals surface area contributed by atoms with Gasteiger partial charge in [-0.1, -0.05) is 44.5 Å². The molecule has 20 heavy (non-hydrogen) atoms. The summed E-state index contributed by atoms with van der Waals surface area (Å²) in [5.74, 6) is 0.238. The first-order valence-electron chi connectivity index (χ1n) is 7.36. The zero-order valence-electron chi connectivity index (χ0n) is 12.5. The van der Waals surface area contributed by atoms with E-state index in [1.54, 1.807) is 12.1 Å². The van der Waals surface area contributed by atoms with Gasteiger partial charge >= 0.3 is 0 Å². The van der Waals surface area contributed by atoms with Crippen LogP contribution in [-0.4, -0.2) is 10.7 Å². The molecule has 3 heteroatoms. The molecule has 0 aliphatic heterocycles. The van der Waals surface area contributed by atoms with E-state index in [9.17, 15) is 9.50 Å². The molecule has 1 aromatic rings. The van der Waals surface area contributed by atoms with E-state index in [4.69, 9.17) is 11.6 Å². The van der Waals surface area contributed by atoms with Crippen molar-refractivity contribution in [2.24, 2.45) is 11.3 Å². The highest BCUT2D eigenvalue weighted by molar-refractivity contribution is 6.31. The molecule has 0 bridgehead atoms. The lowest BCUT2D eigenvalue weighted by molar-refractivity contribution is -0.0245. The van der Waals surface area contributed by atoms with Crippen molar-refractivity contribution in [3.05, 3.63) is 34.6 Å². The molecule has 1 nitrogen and oxygen atoms in total. The van der Waals surface area contributed by atoms with Crippen molar-refractivity contribution >= 4 is 11.6 Å². The average molecular weight is 299 g/mol. The molecule has 112 valence electrons. The third kappa shape index (κ3) is 3.53. The summed E-state index contributed by atoms with van der Waals surface area (Å²) in [5, 5.41) is 10.9. The van der Waals surface area contributed by atoms with Gasteiger partial charge in [-0.05, 0) is 48.6 Å². The molecule has 1 fully saturated rings. The van der Waals surface area contributed by atoms with Crippen molar-refractivity contribution in [3.63, 3.8) is 0 Å². The Bertz CT molecular complexity index is 470. The topological polar surface area (TPSA) is 20.2 Å². The van der Waals surface area contributed by atoms with Gasteiger partial charge in [-0.3, -0.25) is 0 Å². The largest absolute Gasteiger partial charge is 0.390 e. The van der Waals surface area contributed by atoms with Gasteiger partial charge in [0.25, 0.3) is 0 Å². The fraction of sp³-hybridized carbons (Fsp3) is 0.647. The molecule has 1 aliphatic rings. The van der Waals surface area contributed by atoms with E-state index in [0.717, 1.165) is 25.7 Å². The van der Waals surface area contributed by atoms with Crippen LogP contribution in [0, 0.1) is 17.2 Å². The molecule has 0 atom stereocenters. The normalized spacial score (nSPS) is 27.6. The van der Waals surface area contributed by atoms with Crippen molar-refractivity contribution in [1.82, 2.24) is 0 Å². The zero-order chi connectivity index (χ0) is 15.0. The van der Waals surface area contributed by atoms with E-state index >= 15 is 0 Å². The molecule has 0 saturated heterocycles. The third-order valence-electron chi connectivity index (χ3n) is 4.69. The Hall–Kier alpha value is -0.600. The highest BCUT2D eigenvalue weighted by Crippen LogP contribution is 2.43. The third-order valence-corrected chi connectivity index (χ3v) is 5.12. The van der Waals surface area contributed by atoms with Gasteiger partial charge in [0.2, 0.25) is 0 Å². The second-order valence-corrected chi connectivity index (χ2v) is 7.63. The molecule has 1 aromatic carbocycles. The van der Waals surface area contributed by atoms with Crippen LogP contribution in [-0.2, 0) is 6.42 Å². The maximum atomic E-state index is 13.5. The molecule has 0 aromatic heterocycles. The highest BCUT2D eigenvalue weighted by Gasteiger charge is 2.37. The Kier molecular flexibility index (Phi) is 4.46. The van der Waals surface area contributed by atoms with Crippen LogP contribution in [0.3, 0.4) is 0 Å². The first-order chi connectivity index (χ1) is 9.21. The van der Waals surface area contributed by atoms with Crippen LogP contribution in [0.25, 0.3) is 0 Å². The Morgan fingerprint density at radius 1 is 1.30 bits per heavy atom. The van der Waals surface area contributed by atoms with Crippen molar-refractivity contribution < 1.29 is 9.50 Å². The number of rotatable bonds is 2. The van der Waals surface area contributed by atoms with Crippen molar-refractivity contribution in [1.29, 1.82) is 0 Å². The lowest BCUT2D eigenvalue weighted by Crippen LogP contribution is -2.39. The van der Waals surface area contributed by atoms with Crippen molar-refractivity contribution in [3.8, 4) is 0 Å². The van der Waals surface area contributed by atoms with Crippen LogP contribution in [0.2, 0.25) is 5.02 Å². The molecule has 0 unspecified atom stereocenters. The first-order valence-corrected chi connectivity index (χ1v) is 7.74. The summed E-state index contributed by atoms with van der Waals surface area (Å²) < 4.78 is 13.5. The van der Waals surface area contributed by atoms with Crippen molar-refractivity contribution in [2.45, 2.75) is 58.5 Å². The standard InChI is InChI=1S/C17H24ClFO/c1-16(2,3)13-7-9-17(20,10-8-13)11-12-5-4-6-14(19)15(12)18/h4-6,13,20H,7-11H2,1-3H3. The van der Waals surface area contributed by atoms with Gasteiger partial charge in [0, 0.05) is 6.42 Å². The quantitative estimate of drug-likeness (QED) is 0.815. The van der Waals surface area contributed by atoms with Crippen LogP contribution >= 0.6 is 11.6 Å². The molecule has 0 amide bonds. The van der Waals surface area contributed by atoms with Gasteiger partial charge in [-0.2, -0.15) is 0 Å². The van der Waals surface area contributed by atoms with Crippen LogP contribution in [0.5, 0.6) is 0 Å². The number of hydrogen-bond acceptors (Lipinski definition) is 1. The summed E-state index contributed by atoms with van der Waals surface area (Å²) >= 11 is 5.99. The van der Waals surface area contributed by atoms with E-state index < -0.39 is 11.4 Å². The maximum Gasteiger partial charge on any atom is 0.142 e. The lowest BCUT2D eigenvalue weighted by atomic mass is 9.67. The van der Waals surface area contributed by atoms with E-state index in [-0.39, 0.29) is 10.4 Å². The Labute approximate surface area is 126 Å². The molecule has 0 spiro atoms. The molecule has 0 radical (unpaired) electrons. The summed E-state index contributed by atoms with van der Waals surface area (Å²) in [7, 11) is 0. The van der Waals surface area contributed by atoms with Gasteiger partial charge in [-0.15, -0.1) is 0 Å². The predicted molar refractivity (Wildman–Crippen MR) is 81.5 cm³/mol. The average Bonchev–Trinajstić information content (AvgIpc) is 2.34. The van der Waals surface area contributed by atoms with E-state index in [1.807, 2.05) is 0 Å². The van der Waals surface area contributed by atoms with Crippen LogP contribution in [0.15, 0.2) is 18.2 Å². The summed E-state index contributed by atoms with van der Waals surface area (Å²) in [6.45, 7) is 6.77. The van der Waals surface area contributed by atoms with E-state index in [1.165, 1.54) is 6.07 Å². The maximum absolute atomic E-state index is 13.5. The molecule has 1 N–H and O–H groups in total. The van der Waals surface area contributed by atoms with Gasteiger partial charge < -0.3 is 5.11 Å². The minimum Gasteiger partial charge on any atom is -0.390 e. The number of aliphatic hydroxyl groups is 1. The van der Waals surface area contributed by atoms with E-state index in [0.29, 0.717) is 17.9 Å². The highest BCUT2D eigenvalue weighted by atomic mass is 35.5. The fourth-order valence-electron chi connectivity index (χ4n) is 3.24. The lowest BCUT2D eigenvalue weighted by Gasteiger charge is -2.41. The predicted octanol–water partition coefficient (Wildman–Crippen LogP) is 4.99. The van der Waals surface area contributed by atoms with Gasteiger partial charge in [0.15, 0.2) is 0 Å². The summed E-state index contributed by atoms with van der Waals surface area (Å²) in [6, 6.07) is 4.81. The fourth-order valence-corrected chi connectivity index (χ4v) is 3.43. The Morgan fingerprint density at radius 2 is 1.90 bits per heavy atom. The number of hydrogen-bond donors (Lipinski definition) is 1. The van der Waals surface area contributed by atoms with Crippen LogP contribution in [0.1, 0.15) is 52.0 Å². The second-order valence-electron chi connectivity index (χ2n) is 7.25. The number of halogens is 2. The smallest absolute Gasteiger partial charge is 0.142 e. The number of benzene rings is 1. The summed E-state index contributed by atoms with van der Waals surface area (Å²) in [4.78, 5) is 0. The van der Waals surface area contributed by atoms with Gasteiger partial charge in [0.05, 0.1) is 10.6 Å². The Morgan fingerprint density at radius 3 is 2.45 bits per heavy atom. The second kappa shape index (κ2) is 5.65. The van der Waals surface area contributed by atoms with Crippen molar-refractivity contribution in [2.75, 3.05) is 0 Å². The first kappa shape index (κ1) is 15.8. The molecular weight excluding hydrogens is 275 g/mol. The van der Waals surface area contributed by atoms with Gasteiger partial charge in [-0.25, -0.2) is 4.39 Å². The molecule has 2 rings (SSSR count). The Balaban J connectivity index is 2.05. The minimum atomic E-state index is -0.737. The molecular formula is C17H24ClFO. The van der Waals surface area contributed by atoms with E-state index in [2.05, 4.69) is 20.8 Å². The minimum absolute atomic E-state index is 0.152. The molecule has 0 heterocycles. The van der Waals surface area contributed by atoms with Crippen LogP contribution in [0.4, 0.5) is 4.39 Å². The van der Waals surface area contributed by atoms with Gasteiger partial charge in [0.1, 0.15) is 5.82 Å². The summed E-state index contributed by atoms with van der Waals surface area (Å²) in [6.07, 6.45) is 4.02. The monoisotopic (exact) mass is 298 g/mol. The zero-order valence-corrected chi connectivity index (χ0v) is 13.3. The SMILES string of the molecule is CC(C)(C)C1CCC(O)(Cc2cccc(F)c2Cl)CC1. The molecule has 1 saturated carbocycles. The summed E-state index contributed by atoms with van der Waals surface area (Å²) in [5.41, 5.74) is 0.264. The van der Waals surface area contributed by atoms with Crippen LogP contribution < -0.4 is 0 Å². The molecule has 1 aliphatic carbocycles.